The lowest BCUT2D eigenvalue weighted by molar-refractivity contribution is -0.139. The van der Waals surface area contributed by atoms with Gasteiger partial charge in [-0.1, -0.05) is 6.92 Å². The summed E-state index contributed by atoms with van der Waals surface area (Å²) in [6.45, 7) is 9.36. The van der Waals surface area contributed by atoms with Crippen molar-refractivity contribution in [1.29, 1.82) is 5.26 Å². The maximum absolute atomic E-state index is 12.5. The number of nitriles is 1. The minimum absolute atomic E-state index is 0.252. The third-order valence-electron chi connectivity index (χ3n) is 5.02. The van der Waals surface area contributed by atoms with Crippen LogP contribution in [0.25, 0.3) is 0 Å². The van der Waals surface area contributed by atoms with E-state index < -0.39 is 5.54 Å². The molecule has 1 aliphatic heterocycles. The molecular weight excluding hydrogens is 250 g/mol. The van der Waals surface area contributed by atoms with Crippen molar-refractivity contribution < 1.29 is 4.79 Å². The quantitative estimate of drug-likeness (QED) is 0.778. The van der Waals surface area contributed by atoms with Crippen molar-refractivity contribution in [3.63, 3.8) is 0 Å². The van der Waals surface area contributed by atoms with Gasteiger partial charge in [-0.2, -0.15) is 5.26 Å². The molecule has 0 spiro atoms. The molecule has 4 nitrogen and oxygen atoms in total. The first-order valence-electron chi connectivity index (χ1n) is 7.89. The Hall–Kier alpha value is -1.08. The molecule has 0 aromatic rings. The zero-order valence-electron chi connectivity index (χ0n) is 13.1. The Morgan fingerprint density at radius 2 is 1.65 bits per heavy atom. The molecule has 1 saturated heterocycles. The molecule has 0 radical (unpaired) electrons. The van der Waals surface area contributed by atoms with Gasteiger partial charge in [-0.3, -0.25) is 9.69 Å². The minimum atomic E-state index is -0.421. The van der Waals surface area contributed by atoms with E-state index >= 15 is 0 Å². The van der Waals surface area contributed by atoms with Crippen LogP contribution >= 0.6 is 0 Å². The number of piperazine rings is 1. The van der Waals surface area contributed by atoms with Gasteiger partial charge in [0, 0.05) is 32.1 Å². The number of carbonyl (C=O) groups excluding carboxylic acids is 1. The maximum Gasteiger partial charge on any atom is 0.225 e. The van der Waals surface area contributed by atoms with Crippen LogP contribution in [0.1, 0.15) is 46.5 Å². The molecule has 0 unspecified atom stereocenters. The second-order valence-corrected chi connectivity index (χ2v) is 6.94. The van der Waals surface area contributed by atoms with Gasteiger partial charge in [-0.05, 0) is 45.4 Å². The molecule has 0 aromatic carbocycles. The predicted molar refractivity (Wildman–Crippen MR) is 79.0 cm³/mol. The summed E-state index contributed by atoms with van der Waals surface area (Å²) < 4.78 is 0. The van der Waals surface area contributed by atoms with Crippen LogP contribution in [0.15, 0.2) is 0 Å². The van der Waals surface area contributed by atoms with E-state index in [4.69, 9.17) is 0 Å². The summed E-state index contributed by atoms with van der Waals surface area (Å²) >= 11 is 0. The molecule has 0 atom stereocenters. The van der Waals surface area contributed by atoms with Gasteiger partial charge in [0.1, 0.15) is 5.54 Å². The Morgan fingerprint density at radius 1 is 1.10 bits per heavy atom. The average molecular weight is 277 g/mol. The number of hydrogen-bond acceptors (Lipinski definition) is 3. The zero-order chi connectivity index (χ0) is 14.8. The van der Waals surface area contributed by atoms with E-state index in [9.17, 15) is 10.1 Å². The number of rotatable bonds is 2. The van der Waals surface area contributed by atoms with Crippen LogP contribution in [-0.2, 0) is 4.79 Å². The van der Waals surface area contributed by atoms with Crippen LogP contribution in [0.3, 0.4) is 0 Å². The standard InChI is InChI=1S/C16H27N3O/c1-13-4-6-14(7-5-13)15(20)18-8-10-19(11-9-18)16(2,3)12-17/h13-14H,4-11H2,1-3H3. The van der Waals surface area contributed by atoms with Crippen LogP contribution in [0.2, 0.25) is 0 Å². The van der Waals surface area contributed by atoms with Crippen LogP contribution in [0, 0.1) is 23.2 Å². The van der Waals surface area contributed by atoms with Crippen LogP contribution in [0.5, 0.6) is 0 Å². The third-order valence-corrected chi connectivity index (χ3v) is 5.02. The van der Waals surface area contributed by atoms with Gasteiger partial charge in [0.05, 0.1) is 6.07 Å². The van der Waals surface area contributed by atoms with Crippen molar-refractivity contribution in [3.8, 4) is 6.07 Å². The molecule has 2 fully saturated rings. The molecule has 1 saturated carbocycles. The predicted octanol–water partition coefficient (Wildman–Crippen LogP) is 2.26. The normalized spacial score (nSPS) is 29.0. The molecule has 1 aliphatic carbocycles. The van der Waals surface area contributed by atoms with Crippen LogP contribution in [0.4, 0.5) is 0 Å². The van der Waals surface area contributed by atoms with Crippen molar-refractivity contribution in [3.05, 3.63) is 0 Å². The highest BCUT2D eigenvalue weighted by Crippen LogP contribution is 2.30. The van der Waals surface area contributed by atoms with E-state index in [1.165, 1.54) is 12.8 Å². The van der Waals surface area contributed by atoms with E-state index in [1.54, 1.807) is 0 Å². The first kappa shape index (κ1) is 15.3. The number of amides is 1. The maximum atomic E-state index is 12.5. The molecule has 0 aromatic heterocycles. The number of carbonyl (C=O) groups is 1. The smallest absolute Gasteiger partial charge is 0.225 e. The van der Waals surface area contributed by atoms with Crippen LogP contribution < -0.4 is 0 Å². The molecule has 1 amide bonds. The first-order valence-corrected chi connectivity index (χ1v) is 7.89. The molecule has 0 N–H and O–H groups in total. The number of nitrogens with zero attached hydrogens (tertiary/aromatic N) is 3. The topological polar surface area (TPSA) is 47.3 Å². The molecule has 20 heavy (non-hydrogen) atoms. The highest BCUT2D eigenvalue weighted by Gasteiger charge is 2.33. The molecule has 2 rings (SSSR count). The first-order chi connectivity index (χ1) is 9.44. The van der Waals surface area contributed by atoms with Crippen molar-refractivity contribution in [1.82, 2.24) is 9.80 Å². The van der Waals surface area contributed by atoms with Gasteiger partial charge < -0.3 is 4.90 Å². The lowest BCUT2D eigenvalue weighted by Gasteiger charge is -2.41. The Morgan fingerprint density at radius 3 is 2.15 bits per heavy atom. The molecule has 112 valence electrons. The third kappa shape index (κ3) is 3.32. The Kier molecular flexibility index (Phi) is 4.70. The summed E-state index contributed by atoms with van der Waals surface area (Å²) in [7, 11) is 0. The van der Waals surface area contributed by atoms with E-state index in [2.05, 4.69) is 17.9 Å². The fourth-order valence-electron chi connectivity index (χ4n) is 3.32. The van der Waals surface area contributed by atoms with Gasteiger partial charge in [0.25, 0.3) is 0 Å². The fraction of sp³-hybridized carbons (Fsp3) is 0.875. The van der Waals surface area contributed by atoms with E-state index in [-0.39, 0.29) is 5.92 Å². The van der Waals surface area contributed by atoms with Gasteiger partial charge in [-0.25, -0.2) is 0 Å². The van der Waals surface area contributed by atoms with Crippen molar-refractivity contribution >= 4 is 5.91 Å². The van der Waals surface area contributed by atoms with Gasteiger partial charge >= 0.3 is 0 Å². The Bertz CT molecular complexity index is 383. The summed E-state index contributed by atoms with van der Waals surface area (Å²) in [6, 6.07) is 2.35. The second-order valence-electron chi connectivity index (χ2n) is 6.94. The van der Waals surface area contributed by atoms with Gasteiger partial charge in [0.15, 0.2) is 0 Å². The van der Waals surface area contributed by atoms with E-state index in [0.717, 1.165) is 44.9 Å². The highest BCUT2D eigenvalue weighted by molar-refractivity contribution is 5.79. The lowest BCUT2D eigenvalue weighted by atomic mass is 9.82. The van der Waals surface area contributed by atoms with Crippen molar-refractivity contribution in [2.75, 3.05) is 26.2 Å². The highest BCUT2D eigenvalue weighted by atomic mass is 16.2. The molecule has 2 aliphatic rings. The van der Waals surface area contributed by atoms with Gasteiger partial charge in [-0.15, -0.1) is 0 Å². The summed E-state index contributed by atoms with van der Waals surface area (Å²) in [4.78, 5) is 16.7. The molecular formula is C16H27N3O. The summed E-state index contributed by atoms with van der Waals surface area (Å²) in [6.07, 6.45) is 4.50. The van der Waals surface area contributed by atoms with Crippen molar-refractivity contribution in [2.24, 2.45) is 11.8 Å². The minimum Gasteiger partial charge on any atom is -0.340 e. The molecule has 4 heteroatoms. The lowest BCUT2D eigenvalue weighted by Crippen LogP contribution is -2.56. The molecule has 1 heterocycles. The Balaban J connectivity index is 1.85. The summed E-state index contributed by atoms with van der Waals surface area (Å²) in [5, 5.41) is 9.18. The average Bonchev–Trinajstić information content (AvgIpc) is 2.47. The summed E-state index contributed by atoms with van der Waals surface area (Å²) in [5.74, 6) is 1.39. The molecule has 0 bridgehead atoms. The van der Waals surface area contributed by atoms with E-state index in [0.29, 0.717) is 5.91 Å². The second kappa shape index (κ2) is 6.13. The Labute approximate surface area is 122 Å². The fourth-order valence-corrected chi connectivity index (χ4v) is 3.32. The van der Waals surface area contributed by atoms with E-state index in [1.807, 2.05) is 18.7 Å². The van der Waals surface area contributed by atoms with Gasteiger partial charge in [0.2, 0.25) is 5.91 Å². The summed E-state index contributed by atoms with van der Waals surface area (Å²) in [5.41, 5.74) is -0.421. The number of hydrogen-bond donors (Lipinski definition) is 0. The van der Waals surface area contributed by atoms with Crippen molar-refractivity contribution in [2.45, 2.75) is 52.0 Å². The largest absolute Gasteiger partial charge is 0.340 e. The van der Waals surface area contributed by atoms with Crippen LogP contribution in [-0.4, -0.2) is 47.4 Å². The SMILES string of the molecule is CC1CCC(C(=O)N2CCN(C(C)(C)C#N)CC2)CC1. The zero-order valence-corrected chi connectivity index (χ0v) is 13.1. The monoisotopic (exact) mass is 277 g/mol.